The van der Waals surface area contributed by atoms with Crippen molar-refractivity contribution in [2.75, 3.05) is 13.1 Å². The summed E-state index contributed by atoms with van der Waals surface area (Å²) in [5, 5.41) is 4.42. The van der Waals surface area contributed by atoms with E-state index in [4.69, 9.17) is 11.6 Å². The summed E-state index contributed by atoms with van der Waals surface area (Å²) in [7, 11) is 0. The van der Waals surface area contributed by atoms with Gasteiger partial charge in [-0.1, -0.05) is 37.1 Å². The Morgan fingerprint density at radius 2 is 2.24 bits per heavy atom. The molecule has 0 aliphatic heterocycles. The molecule has 0 heterocycles. The largest absolute Gasteiger partial charge is 0.316 e. The Bertz CT molecular complexity index is 347. The molecule has 1 unspecified atom stereocenters. The maximum absolute atomic E-state index is 6.10. The van der Waals surface area contributed by atoms with E-state index in [1.54, 1.807) is 0 Å². The number of hydrogen-bond acceptors (Lipinski definition) is 1. The first-order valence-electron chi connectivity index (χ1n) is 6.77. The zero-order valence-electron chi connectivity index (χ0n) is 10.6. The predicted octanol–water partition coefficient (Wildman–Crippen LogP) is 4.22. The molecule has 0 aromatic heterocycles. The van der Waals surface area contributed by atoms with Crippen molar-refractivity contribution >= 4 is 11.6 Å². The van der Waals surface area contributed by atoms with Gasteiger partial charge in [-0.3, -0.25) is 0 Å². The first kappa shape index (κ1) is 12.9. The van der Waals surface area contributed by atoms with Gasteiger partial charge in [-0.05, 0) is 55.3 Å². The van der Waals surface area contributed by atoms with Gasteiger partial charge in [0.25, 0.3) is 0 Å². The van der Waals surface area contributed by atoms with Gasteiger partial charge < -0.3 is 5.32 Å². The van der Waals surface area contributed by atoms with Crippen LogP contribution in [0.3, 0.4) is 0 Å². The van der Waals surface area contributed by atoms with E-state index in [1.807, 2.05) is 6.07 Å². The molecule has 1 aliphatic carbocycles. The fourth-order valence-corrected chi connectivity index (χ4v) is 2.77. The summed E-state index contributed by atoms with van der Waals surface area (Å²) < 4.78 is 0. The lowest BCUT2D eigenvalue weighted by Gasteiger charge is -2.34. The Morgan fingerprint density at radius 1 is 1.41 bits per heavy atom. The summed E-state index contributed by atoms with van der Waals surface area (Å²) >= 11 is 6.10. The van der Waals surface area contributed by atoms with Crippen molar-refractivity contribution in [2.24, 2.45) is 5.92 Å². The molecule has 0 amide bonds. The highest BCUT2D eigenvalue weighted by molar-refractivity contribution is 6.30. The molecule has 1 atom stereocenters. The van der Waals surface area contributed by atoms with E-state index >= 15 is 0 Å². The molecular formula is C15H22ClN. The van der Waals surface area contributed by atoms with Gasteiger partial charge in [-0.2, -0.15) is 0 Å². The van der Waals surface area contributed by atoms with Crippen LogP contribution in [0.2, 0.25) is 5.02 Å². The second-order valence-corrected chi connectivity index (χ2v) is 5.49. The monoisotopic (exact) mass is 251 g/mol. The standard InChI is InChI=1S/C15H22ClN/c1-2-9-17-11-15(12-5-3-6-12)13-7-4-8-14(16)10-13/h4,7-8,10,12,15,17H,2-3,5-6,9,11H2,1H3. The summed E-state index contributed by atoms with van der Waals surface area (Å²) in [6.45, 7) is 4.42. The summed E-state index contributed by atoms with van der Waals surface area (Å²) in [5.41, 5.74) is 1.41. The molecule has 94 valence electrons. The first-order chi connectivity index (χ1) is 8.31. The second-order valence-electron chi connectivity index (χ2n) is 5.06. The van der Waals surface area contributed by atoms with Crippen molar-refractivity contribution in [3.05, 3.63) is 34.9 Å². The molecule has 17 heavy (non-hydrogen) atoms. The maximum Gasteiger partial charge on any atom is 0.0408 e. The Morgan fingerprint density at radius 3 is 2.82 bits per heavy atom. The van der Waals surface area contributed by atoms with E-state index in [0.29, 0.717) is 5.92 Å². The minimum atomic E-state index is 0.647. The SMILES string of the molecule is CCCNCC(c1cccc(Cl)c1)C1CCC1. The second kappa shape index (κ2) is 6.42. The molecule has 1 nitrogen and oxygen atoms in total. The van der Waals surface area contributed by atoms with E-state index in [9.17, 15) is 0 Å². The molecular weight excluding hydrogens is 230 g/mol. The van der Waals surface area contributed by atoms with Crippen molar-refractivity contribution in [1.29, 1.82) is 0 Å². The van der Waals surface area contributed by atoms with E-state index in [0.717, 1.165) is 24.0 Å². The summed E-state index contributed by atoms with van der Waals surface area (Å²) in [5.74, 6) is 1.51. The van der Waals surface area contributed by atoms with Gasteiger partial charge >= 0.3 is 0 Å². The summed E-state index contributed by atoms with van der Waals surface area (Å²) in [6.07, 6.45) is 5.36. The van der Waals surface area contributed by atoms with E-state index in [2.05, 4.69) is 30.4 Å². The number of hydrogen-bond donors (Lipinski definition) is 1. The van der Waals surface area contributed by atoms with Gasteiger partial charge in [-0.25, -0.2) is 0 Å². The average molecular weight is 252 g/mol. The minimum Gasteiger partial charge on any atom is -0.316 e. The average Bonchev–Trinajstić information content (AvgIpc) is 2.25. The number of benzene rings is 1. The highest BCUT2D eigenvalue weighted by Gasteiger charge is 2.28. The van der Waals surface area contributed by atoms with Crippen LogP contribution >= 0.6 is 11.6 Å². The van der Waals surface area contributed by atoms with Crippen molar-refractivity contribution in [3.8, 4) is 0 Å². The molecule has 0 radical (unpaired) electrons. The highest BCUT2D eigenvalue weighted by Crippen LogP contribution is 2.39. The third-order valence-corrected chi connectivity index (χ3v) is 4.02. The quantitative estimate of drug-likeness (QED) is 0.747. The van der Waals surface area contributed by atoms with Crippen LogP contribution in [0.4, 0.5) is 0 Å². The lowest BCUT2D eigenvalue weighted by molar-refractivity contribution is 0.255. The topological polar surface area (TPSA) is 12.0 Å². The van der Waals surface area contributed by atoms with Gasteiger partial charge in [0, 0.05) is 11.6 Å². The van der Waals surface area contributed by atoms with Crippen LogP contribution in [0.25, 0.3) is 0 Å². The van der Waals surface area contributed by atoms with Crippen LogP contribution in [-0.4, -0.2) is 13.1 Å². The molecule has 1 aromatic carbocycles. The molecule has 0 saturated heterocycles. The van der Waals surface area contributed by atoms with Crippen LogP contribution in [-0.2, 0) is 0 Å². The maximum atomic E-state index is 6.10. The van der Waals surface area contributed by atoms with Gasteiger partial charge in [0.2, 0.25) is 0 Å². The molecule has 1 aliphatic rings. The molecule has 1 N–H and O–H groups in total. The van der Waals surface area contributed by atoms with Gasteiger partial charge in [0.15, 0.2) is 0 Å². The predicted molar refractivity (Wildman–Crippen MR) is 74.7 cm³/mol. The van der Waals surface area contributed by atoms with Crippen LogP contribution < -0.4 is 5.32 Å². The summed E-state index contributed by atoms with van der Waals surface area (Å²) in [6, 6.07) is 8.40. The Hall–Kier alpha value is -0.530. The first-order valence-corrected chi connectivity index (χ1v) is 7.15. The fraction of sp³-hybridized carbons (Fsp3) is 0.600. The van der Waals surface area contributed by atoms with Gasteiger partial charge in [0.05, 0.1) is 0 Å². The normalized spacial score (nSPS) is 17.8. The Balaban J connectivity index is 2.03. The number of halogens is 1. The smallest absolute Gasteiger partial charge is 0.0408 e. The molecule has 1 aromatic rings. The van der Waals surface area contributed by atoms with Crippen molar-refractivity contribution in [1.82, 2.24) is 5.32 Å². The van der Waals surface area contributed by atoms with Gasteiger partial charge in [0.1, 0.15) is 0 Å². The van der Waals surface area contributed by atoms with Crippen molar-refractivity contribution in [2.45, 2.75) is 38.5 Å². The number of nitrogens with one attached hydrogen (secondary N) is 1. The molecule has 1 fully saturated rings. The van der Waals surface area contributed by atoms with Crippen molar-refractivity contribution in [3.63, 3.8) is 0 Å². The molecule has 1 saturated carbocycles. The third-order valence-electron chi connectivity index (χ3n) is 3.79. The van der Waals surface area contributed by atoms with Crippen molar-refractivity contribution < 1.29 is 0 Å². The van der Waals surface area contributed by atoms with E-state index in [-0.39, 0.29) is 0 Å². The van der Waals surface area contributed by atoms with Crippen LogP contribution in [0, 0.1) is 5.92 Å². The molecule has 0 spiro atoms. The Kier molecular flexibility index (Phi) is 4.87. The molecule has 0 bridgehead atoms. The van der Waals surface area contributed by atoms with Crippen LogP contribution in [0.5, 0.6) is 0 Å². The lowest BCUT2D eigenvalue weighted by atomic mass is 9.73. The van der Waals surface area contributed by atoms with E-state index in [1.165, 1.54) is 31.2 Å². The summed E-state index contributed by atoms with van der Waals surface area (Å²) in [4.78, 5) is 0. The van der Waals surface area contributed by atoms with Crippen LogP contribution in [0.1, 0.15) is 44.1 Å². The van der Waals surface area contributed by atoms with Gasteiger partial charge in [-0.15, -0.1) is 0 Å². The zero-order valence-corrected chi connectivity index (χ0v) is 11.3. The zero-order chi connectivity index (χ0) is 12.1. The number of rotatable bonds is 6. The lowest BCUT2D eigenvalue weighted by Crippen LogP contribution is -2.30. The third kappa shape index (κ3) is 3.46. The minimum absolute atomic E-state index is 0.647. The highest BCUT2D eigenvalue weighted by atomic mass is 35.5. The van der Waals surface area contributed by atoms with Crippen LogP contribution in [0.15, 0.2) is 24.3 Å². The fourth-order valence-electron chi connectivity index (χ4n) is 2.57. The molecule has 2 heteroatoms. The van der Waals surface area contributed by atoms with E-state index < -0.39 is 0 Å². The Labute approximate surface area is 110 Å². The molecule has 2 rings (SSSR count).